The Kier molecular flexibility index (Phi) is 2.23. The molecule has 0 saturated carbocycles. The van der Waals surface area contributed by atoms with Crippen molar-refractivity contribution in [3.05, 3.63) is 16.4 Å². The van der Waals surface area contributed by atoms with Gasteiger partial charge in [-0.15, -0.1) is 0 Å². The molecule has 1 aromatic heterocycles. The van der Waals surface area contributed by atoms with Gasteiger partial charge in [0.2, 0.25) is 5.88 Å². The van der Waals surface area contributed by atoms with Crippen LogP contribution in [0.2, 0.25) is 0 Å². The van der Waals surface area contributed by atoms with E-state index in [1.807, 2.05) is 13.8 Å². The van der Waals surface area contributed by atoms with Crippen molar-refractivity contribution in [2.24, 2.45) is 11.7 Å². The Morgan fingerprint density at radius 3 is 2.25 bits per heavy atom. The molecule has 1 heterocycles. The molecule has 1 rings (SSSR count). The Bertz CT molecular complexity index is 313. The lowest BCUT2D eigenvalue weighted by Crippen LogP contribution is -2.17. The van der Waals surface area contributed by atoms with E-state index in [0.29, 0.717) is 0 Å². The van der Waals surface area contributed by atoms with Crippen LogP contribution in [0.5, 0.6) is 0 Å². The molecule has 68 valence electrons. The average molecular weight is 172 g/mol. The van der Waals surface area contributed by atoms with E-state index in [2.05, 4.69) is 8.83 Å². The number of hydrogen-bond donors (Lipinski definition) is 2. The summed E-state index contributed by atoms with van der Waals surface area (Å²) in [7, 11) is 0. The Labute approximate surface area is 69.3 Å². The summed E-state index contributed by atoms with van der Waals surface area (Å²) in [5, 5.41) is 0. The summed E-state index contributed by atoms with van der Waals surface area (Å²) < 4.78 is 9.13. The van der Waals surface area contributed by atoms with Crippen molar-refractivity contribution in [2.75, 3.05) is 5.73 Å². The van der Waals surface area contributed by atoms with Gasteiger partial charge in [-0.1, -0.05) is 13.8 Å². The number of nitrogen functional groups attached to an aromatic ring is 1. The molecule has 0 amide bonds. The molecule has 0 aliphatic rings. The van der Waals surface area contributed by atoms with Crippen LogP contribution >= 0.6 is 0 Å². The van der Waals surface area contributed by atoms with Gasteiger partial charge in [-0.3, -0.25) is 0 Å². The molecule has 1 aromatic rings. The van der Waals surface area contributed by atoms with E-state index >= 15 is 0 Å². The maximum absolute atomic E-state index is 10.6. The van der Waals surface area contributed by atoms with Crippen LogP contribution in [-0.2, 0) is 0 Å². The van der Waals surface area contributed by atoms with Crippen LogP contribution in [0.3, 0.4) is 0 Å². The molecule has 1 atom stereocenters. The zero-order valence-corrected chi connectivity index (χ0v) is 7.03. The molecule has 1 unspecified atom stereocenters. The highest BCUT2D eigenvalue weighted by Gasteiger charge is 2.20. The summed E-state index contributed by atoms with van der Waals surface area (Å²) >= 11 is 0. The lowest BCUT2D eigenvalue weighted by Gasteiger charge is -2.10. The minimum Gasteiger partial charge on any atom is -0.392 e. The molecule has 0 bridgehead atoms. The predicted molar refractivity (Wildman–Crippen MR) is 43.4 cm³/mol. The number of rotatable bonds is 2. The first kappa shape index (κ1) is 8.86. The van der Waals surface area contributed by atoms with E-state index in [1.54, 1.807) is 0 Å². The molecule has 12 heavy (non-hydrogen) atoms. The molecular weight excluding hydrogens is 160 g/mol. The van der Waals surface area contributed by atoms with E-state index in [4.69, 9.17) is 11.5 Å². The summed E-state index contributed by atoms with van der Waals surface area (Å²) in [5.41, 5.74) is 11.0. The highest BCUT2D eigenvalue weighted by atomic mass is 16.6. The fraction of sp³-hybridized carbons (Fsp3) is 0.571. The summed E-state index contributed by atoms with van der Waals surface area (Å²) in [6.07, 6.45) is 0. The standard InChI is InChI=1S/C7H12N2O3/c1-3(2)4(8)5-6(9)12-7(10)11-5/h3-4H,8-9H2,1-2H3. The predicted octanol–water partition coefficient (Wildman–Crippen LogP) is 0.471. The lowest BCUT2D eigenvalue weighted by molar-refractivity contribution is 0.347. The molecule has 5 heteroatoms. The average Bonchev–Trinajstić information content (AvgIpc) is 2.28. The van der Waals surface area contributed by atoms with Crippen molar-refractivity contribution in [3.63, 3.8) is 0 Å². The number of hydrogen-bond acceptors (Lipinski definition) is 5. The molecule has 4 N–H and O–H groups in total. The Balaban J connectivity index is 3.02. The van der Waals surface area contributed by atoms with Crippen LogP contribution in [0.4, 0.5) is 5.88 Å². The van der Waals surface area contributed by atoms with E-state index in [0.717, 1.165) is 0 Å². The first-order chi connectivity index (χ1) is 5.52. The Hall–Kier alpha value is -1.23. The van der Waals surface area contributed by atoms with E-state index < -0.39 is 11.9 Å². The van der Waals surface area contributed by atoms with Gasteiger partial charge in [0.05, 0.1) is 6.04 Å². The molecule has 0 saturated heterocycles. The molecule has 0 radical (unpaired) electrons. The van der Waals surface area contributed by atoms with Crippen molar-refractivity contribution in [1.29, 1.82) is 0 Å². The molecule has 0 spiro atoms. The molecule has 0 fully saturated rings. The van der Waals surface area contributed by atoms with Gasteiger partial charge in [-0.05, 0) is 5.92 Å². The highest BCUT2D eigenvalue weighted by molar-refractivity contribution is 5.29. The largest absolute Gasteiger partial charge is 0.520 e. The fourth-order valence-electron chi connectivity index (χ4n) is 0.836. The van der Waals surface area contributed by atoms with Crippen molar-refractivity contribution < 1.29 is 8.83 Å². The van der Waals surface area contributed by atoms with Crippen molar-refractivity contribution in [3.8, 4) is 0 Å². The lowest BCUT2D eigenvalue weighted by atomic mass is 10.0. The molecule has 0 aliphatic carbocycles. The van der Waals surface area contributed by atoms with Gasteiger partial charge >= 0.3 is 5.82 Å². The van der Waals surface area contributed by atoms with Crippen LogP contribution in [0.15, 0.2) is 13.6 Å². The van der Waals surface area contributed by atoms with Gasteiger partial charge in [-0.2, -0.15) is 0 Å². The zero-order valence-electron chi connectivity index (χ0n) is 7.03. The molecule has 5 nitrogen and oxygen atoms in total. The third-order valence-electron chi connectivity index (χ3n) is 1.65. The van der Waals surface area contributed by atoms with Crippen LogP contribution in [-0.4, -0.2) is 0 Å². The smallest absolute Gasteiger partial charge is 0.392 e. The van der Waals surface area contributed by atoms with E-state index in [9.17, 15) is 4.79 Å². The first-order valence-corrected chi connectivity index (χ1v) is 3.67. The number of nitrogens with two attached hydrogens (primary N) is 2. The minimum absolute atomic E-state index is 0.0267. The van der Waals surface area contributed by atoms with Crippen molar-refractivity contribution >= 4 is 5.88 Å². The maximum Gasteiger partial charge on any atom is 0.520 e. The SMILES string of the molecule is CC(C)C(N)c1oc(=O)oc1N. The van der Waals surface area contributed by atoms with Crippen molar-refractivity contribution in [1.82, 2.24) is 0 Å². The zero-order chi connectivity index (χ0) is 9.30. The summed E-state index contributed by atoms with van der Waals surface area (Å²) in [5.74, 6) is -0.456. The Morgan fingerprint density at radius 1 is 1.33 bits per heavy atom. The minimum atomic E-state index is -0.807. The van der Waals surface area contributed by atoms with E-state index in [-0.39, 0.29) is 17.6 Å². The first-order valence-electron chi connectivity index (χ1n) is 3.67. The van der Waals surface area contributed by atoms with Crippen molar-refractivity contribution in [2.45, 2.75) is 19.9 Å². The van der Waals surface area contributed by atoms with Crippen LogP contribution in [0.25, 0.3) is 0 Å². The molecule has 0 aromatic carbocycles. The third kappa shape index (κ3) is 1.50. The maximum atomic E-state index is 10.6. The summed E-state index contributed by atoms with van der Waals surface area (Å²) in [4.78, 5) is 10.6. The quantitative estimate of drug-likeness (QED) is 0.676. The summed E-state index contributed by atoms with van der Waals surface area (Å²) in [6.45, 7) is 3.80. The monoisotopic (exact) mass is 172 g/mol. The van der Waals surface area contributed by atoms with Gasteiger partial charge in [0.25, 0.3) is 0 Å². The van der Waals surface area contributed by atoms with Gasteiger partial charge < -0.3 is 20.3 Å². The molecule has 0 aliphatic heterocycles. The number of anilines is 1. The van der Waals surface area contributed by atoms with Crippen LogP contribution < -0.4 is 17.3 Å². The van der Waals surface area contributed by atoms with E-state index in [1.165, 1.54) is 0 Å². The second-order valence-electron chi connectivity index (χ2n) is 2.95. The molecular formula is C7H12N2O3. The van der Waals surface area contributed by atoms with Crippen LogP contribution in [0, 0.1) is 5.92 Å². The second kappa shape index (κ2) is 3.02. The van der Waals surface area contributed by atoms with Gasteiger partial charge in [-0.25, -0.2) is 4.79 Å². The topological polar surface area (TPSA) is 95.4 Å². The van der Waals surface area contributed by atoms with Crippen LogP contribution in [0.1, 0.15) is 25.6 Å². The second-order valence-corrected chi connectivity index (χ2v) is 2.95. The fourth-order valence-corrected chi connectivity index (χ4v) is 0.836. The highest BCUT2D eigenvalue weighted by Crippen LogP contribution is 2.22. The van der Waals surface area contributed by atoms with Gasteiger partial charge in [0.1, 0.15) is 0 Å². The third-order valence-corrected chi connectivity index (χ3v) is 1.65. The van der Waals surface area contributed by atoms with Gasteiger partial charge in [0.15, 0.2) is 5.76 Å². The summed E-state index contributed by atoms with van der Waals surface area (Å²) in [6, 6.07) is -0.392. The Morgan fingerprint density at radius 2 is 1.92 bits per heavy atom. The van der Waals surface area contributed by atoms with Gasteiger partial charge in [0, 0.05) is 0 Å². The normalized spacial score (nSPS) is 13.7.